The first-order valence-electron chi connectivity index (χ1n) is 8.95. The highest BCUT2D eigenvalue weighted by atomic mass is 19.1. The van der Waals surface area contributed by atoms with Crippen LogP contribution >= 0.6 is 0 Å². The molecule has 0 unspecified atom stereocenters. The highest BCUT2D eigenvalue weighted by Crippen LogP contribution is 2.36. The number of fused-ring (bicyclic) bond motifs is 1. The molecule has 1 aromatic heterocycles. The maximum absolute atomic E-state index is 13.9. The fourth-order valence-corrected chi connectivity index (χ4v) is 4.14. The van der Waals surface area contributed by atoms with E-state index in [0.29, 0.717) is 29.7 Å². The average molecular weight is 343 g/mol. The Kier molecular flexibility index (Phi) is 3.98. The van der Waals surface area contributed by atoms with E-state index in [1.54, 1.807) is 22.6 Å². The summed E-state index contributed by atoms with van der Waals surface area (Å²) in [6.07, 6.45) is 5.46. The van der Waals surface area contributed by atoms with E-state index < -0.39 is 0 Å². The molecule has 0 atom stereocenters. The monoisotopic (exact) mass is 343 g/mol. The van der Waals surface area contributed by atoms with Crippen molar-refractivity contribution < 1.29 is 14.0 Å². The van der Waals surface area contributed by atoms with Crippen LogP contribution in [0, 0.1) is 5.82 Å². The first-order chi connectivity index (χ1) is 12.1. The molecule has 2 heterocycles. The lowest BCUT2D eigenvalue weighted by Gasteiger charge is -2.19. The van der Waals surface area contributed by atoms with Crippen LogP contribution in [0.4, 0.5) is 10.1 Å². The van der Waals surface area contributed by atoms with E-state index in [4.69, 9.17) is 0 Å². The van der Waals surface area contributed by atoms with Crippen LogP contribution in [0.25, 0.3) is 10.9 Å². The van der Waals surface area contributed by atoms with Crippen LogP contribution in [-0.2, 0) is 11.8 Å². The van der Waals surface area contributed by atoms with Crippen LogP contribution in [0.5, 0.6) is 0 Å². The number of amides is 2. The molecule has 2 aromatic rings. The number of carbonyl (C=O) groups excluding carboxylic acids is 2. The van der Waals surface area contributed by atoms with E-state index in [0.717, 1.165) is 37.6 Å². The zero-order valence-electron chi connectivity index (χ0n) is 14.3. The van der Waals surface area contributed by atoms with Gasteiger partial charge in [0.05, 0.1) is 11.2 Å². The Bertz CT molecular complexity index is 852. The van der Waals surface area contributed by atoms with Crippen molar-refractivity contribution in [3.8, 4) is 0 Å². The van der Waals surface area contributed by atoms with Crippen molar-refractivity contribution in [2.24, 2.45) is 7.05 Å². The summed E-state index contributed by atoms with van der Waals surface area (Å²) in [5, 5.41) is 3.72. The molecule has 6 heteroatoms. The molecule has 132 valence electrons. The van der Waals surface area contributed by atoms with Gasteiger partial charge in [0.2, 0.25) is 5.91 Å². The standard InChI is InChI=1S/C19H22FN3O2/c1-22-15-9-8-12(20)11-14(15)17(23-10-4-7-16(23)24)18(22)19(25)21-13-5-2-3-6-13/h8-9,11,13H,2-7,10H2,1H3,(H,21,25). The molecule has 5 nitrogen and oxygen atoms in total. The first kappa shape index (κ1) is 16.1. The number of anilines is 1. The van der Waals surface area contributed by atoms with Crippen molar-refractivity contribution in [3.63, 3.8) is 0 Å². The number of halogens is 1. The molecule has 1 aliphatic heterocycles. The van der Waals surface area contributed by atoms with Crippen LogP contribution in [0.2, 0.25) is 0 Å². The Hall–Kier alpha value is -2.37. The number of nitrogens with one attached hydrogen (secondary N) is 1. The number of hydrogen-bond acceptors (Lipinski definition) is 2. The van der Waals surface area contributed by atoms with Crippen LogP contribution in [0.3, 0.4) is 0 Å². The third-order valence-corrected chi connectivity index (χ3v) is 5.38. The van der Waals surface area contributed by atoms with E-state index in [1.807, 2.05) is 0 Å². The normalized spacial score (nSPS) is 18.5. The Balaban J connectivity index is 1.84. The van der Waals surface area contributed by atoms with Gasteiger partial charge in [-0.1, -0.05) is 12.8 Å². The second-order valence-corrected chi connectivity index (χ2v) is 7.02. The number of hydrogen-bond donors (Lipinski definition) is 1. The van der Waals surface area contributed by atoms with Crippen LogP contribution in [-0.4, -0.2) is 29.0 Å². The van der Waals surface area contributed by atoms with Gasteiger partial charge >= 0.3 is 0 Å². The van der Waals surface area contributed by atoms with Gasteiger partial charge in [-0.25, -0.2) is 4.39 Å². The van der Waals surface area contributed by atoms with Crippen molar-refractivity contribution >= 4 is 28.4 Å². The van der Waals surface area contributed by atoms with Gasteiger partial charge in [0.1, 0.15) is 11.5 Å². The smallest absolute Gasteiger partial charge is 0.270 e. The number of aryl methyl sites for hydroxylation is 1. The van der Waals surface area contributed by atoms with E-state index in [1.165, 1.54) is 12.1 Å². The molecular formula is C19H22FN3O2. The number of rotatable bonds is 3. The summed E-state index contributed by atoms with van der Waals surface area (Å²) in [7, 11) is 1.80. The summed E-state index contributed by atoms with van der Waals surface area (Å²) in [5.74, 6) is -0.555. The Morgan fingerprint density at radius 2 is 2.00 bits per heavy atom. The molecule has 1 saturated heterocycles. The second-order valence-electron chi connectivity index (χ2n) is 7.02. The lowest BCUT2D eigenvalue weighted by Crippen LogP contribution is -2.35. The predicted octanol–water partition coefficient (Wildman–Crippen LogP) is 3.12. The topological polar surface area (TPSA) is 54.3 Å². The quantitative estimate of drug-likeness (QED) is 0.931. The number of nitrogens with zero attached hydrogens (tertiary/aromatic N) is 2. The first-order valence-corrected chi connectivity index (χ1v) is 8.95. The molecule has 2 amide bonds. The maximum Gasteiger partial charge on any atom is 0.270 e. The number of aromatic nitrogens is 1. The van der Waals surface area contributed by atoms with Gasteiger partial charge in [-0.2, -0.15) is 0 Å². The van der Waals surface area contributed by atoms with Crippen LogP contribution in [0.15, 0.2) is 18.2 Å². The molecule has 0 spiro atoms. The SMILES string of the molecule is Cn1c(C(=O)NC2CCCC2)c(N2CCCC2=O)c2cc(F)ccc21. The van der Waals surface area contributed by atoms with Crippen molar-refractivity contribution in [1.29, 1.82) is 0 Å². The highest BCUT2D eigenvalue weighted by Gasteiger charge is 2.32. The lowest BCUT2D eigenvalue weighted by molar-refractivity contribution is -0.117. The van der Waals surface area contributed by atoms with Gasteiger partial charge in [-0.05, 0) is 37.5 Å². The third kappa shape index (κ3) is 2.69. The predicted molar refractivity (Wildman–Crippen MR) is 94.2 cm³/mol. The molecule has 4 rings (SSSR count). The molecule has 25 heavy (non-hydrogen) atoms. The maximum atomic E-state index is 13.9. The lowest BCUT2D eigenvalue weighted by atomic mass is 10.2. The fraction of sp³-hybridized carbons (Fsp3) is 0.474. The molecule has 2 aliphatic rings. The van der Waals surface area contributed by atoms with Gasteiger partial charge in [0.25, 0.3) is 5.91 Å². The van der Waals surface area contributed by atoms with Gasteiger partial charge < -0.3 is 14.8 Å². The molecule has 1 aromatic carbocycles. The van der Waals surface area contributed by atoms with E-state index in [2.05, 4.69) is 5.32 Å². The molecular weight excluding hydrogens is 321 g/mol. The van der Waals surface area contributed by atoms with Crippen LogP contribution in [0.1, 0.15) is 49.0 Å². The van der Waals surface area contributed by atoms with Gasteiger partial charge in [-0.15, -0.1) is 0 Å². The molecule has 1 aliphatic carbocycles. The third-order valence-electron chi connectivity index (χ3n) is 5.38. The fourth-order valence-electron chi connectivity index (χ4n) is 4.14. The van der Waals surface area contributed by atoms with Gasteiger partial charge in [0, 0.05) is 31.4 Å². The minimum atomic E-state index is -0.367. The van der Waals surface area contributed by atoms with E-state index in [9.17, 15) is 14.0 Å². The average Bonchev–Trinajstić information content (AvgIpc) is 3.28. The number of benzene rings is 1. The summed E-state index contributed by atoms with van der Waals surface area (Å²) in [5.41, 5.74) is 1.76. The molecule has 1 N–H and O–H groups in total. The zero-order valence-corrected chi connectivity index (χ0v) is 14.3. The Morgan fingerprint density at radius 3 is 2.68 bits per heavy atom. The summed E-state index contributed by atoms with van der Waals surface area (Å²) >= 11 is 0. The zero-order chi connectivity index (χ0) is 17.6. The summed E-state index contributed by atoms with van der Waals surface area (Å²) in [6, 6.07) is 4.66. The van der Waals surface area contributed by atoms with E-state index >= 15 is 0 Å². The molecule has 0 bridgehead atoms. The second kappa shape index (κ2) is 6.17. The van der Waals surface area contributed by atoms with Crippen molar-refractivity contribution in [3.05, 3.63) is 29.7 Å². The van der Waals surface area contributed by atoms with Crippen molar-refractivity contribution in [2.45, 2.75) is 44.6 Å². The Labute approximate surface area is 145 Å². The minimum absolute atomic E-state index is 0.00771. The van der Waals surface area contributed by atoms with E-state index in [-0.39, 0.29) is 23.7 Å². The largest absolute Gasteiger partial charge is 0.348 e. The minimum Gasteiger partial charge on any atom is -0.348 e. The summed E-state index contributed by atoms with van der Waals surface area (Å²) in [6.45, 7) is 0.568. The molecule has 2 fully saturated rings. The van der Waals surface area contributed by atoms with Crippen LogP contribution < -0.4 is 10.2 Å². The molecule has 0 radical (unpaired) electrons. The van der Waals surface area contributed by atoms with Crippen molar-refractivity contribution in [2.75, 3.05) is 11.4 Å². The number of carbonyl (C=O) groups is 2. The van der Waals surface area contributed by atoms with Gasteiger partial charge in [-0.3, -0.25) is 9.59 Å². The summed E-state index contributed by atoms with van der Waals surface area (Å²) in [4.78, 5) is 27.0. The molecule has 1 saturated carbocycles. The Morgan fingerprint density at radius 1 is 1.24 bits per heavy atom. The highest BCUT2D eigenvalue weighted by molar-refractivity contribution is 6.14. The summed E-state index contributed by atoms with van der Waals surface area (Å²) < 4.78 is 15.6. The van der Waals surface area contributed by atoms with Gasteiger partial charge in [0.15, 0.2) is 0 Å². The van der Waals surface area contributed by atoms with Crippen molar-refractivity contribution in [1.82, 2.24) is 9.88 Å².